The van der Waals surface area contributed by atoms with Crippen LogP contribution in [0.1, 0.15) is 12.5 Å². The molecule has 0 saturated carbocycles. The Morgan fingerprint density at radius 2 is 2.25 bits per heavy atom. The monoisotopic (exact) mass is 288 g/mol. The fourth-order valence-electron chi connectivity index (χ4n) is 0.919. The van der Waals surface area contributed by atoms with E-state index in [9.17, 15) is 0 Å². The minimum atomic E-state index is 0.930. The number of allylic oxidation sites excluding steroid dienone is 1. The minimum absolute atomic E-state index is 0.930. The van der Waals surface area contributed by atoms with Crippen LogP contribution in [0, 0.1) is 0 Å². The molecule has 0 N–H and O–H groups in total. The number of rotatable bonds is 2. The second-order valence-electron chi connectivity index (χ2n) is 2.68. The van der Waals surface area contributed by atoms with Gasteiger partial charge in [-0.1, -0.05) is 55.6 Å². The van der Waals surface area contributed by atoms with Gasteiger partial charge in [0.2, 0.25) is 0 Å². The number of alkyl halides is 1. The van der Waals surface area contributed by atoms with E-state index in [1.807, 2.05) is 12.1 Å². The van der Waals surface area contributed by atoms with Crippen LogP contribution in [0.3, 0.4) is 0 Å². The molecular weight excluding hydrogens is 280 g/mol. The molecule has 2 heteroatoms. The first-order valence-corrected chi connectivity index (χ1v) is 5.62. The van der Waals surface area contributed by atoms with Crippen molar-refractivity contribution in [1.82, 2.24) is 0 Å². The van der Waals surface area contributed by atoms with Gasteiger partial charge in [0.1, 0.15) is 0 Å². The fourth-order valence-corrected chi connectivity index (χ4v) is 1.50. The molecule has 0 heterocycles. The van der Waals surface area contributed by atoms with Gasteiger partial charge in [0, 0.05) is 9.80 Å². The Morgan fingerprint density at radius 3 is 2.83 bits per heavy atom. The third-order valence-electron chi connectivity index (χ3n) is 1.47. The summed E-state index contributed by atoms with van der Waals surface area (Å²) in [5.41, 5.74) is 2.56. The average molecular weight is 290 g/mol. The third-order valence-corrected chi connectivity index (χ3v) is 2.85. The number of benzene rings is 1. The van der Waals surface area contributed by atoms with Crippen LogP contribution in [0.2, 0.25) is 0 Å². The van der Waals surface area contributed by atoms with E-state index in [4.69, 9.17) is 0 Å². The normalized spacial score (nSPS) is 11.8. The Kier molecular flexibility index (Phi) is 4.02. The zero-order chi connectivity index (χ0) is 8.97. The molecule has 0 aliphatic rings. The highest BCUT2D eigenvalue weighted by Gasteiger charge is 1.90. The Hall–Kier alpha value is -0.0800. The van der Waals surface area contributed by atoms with Crippen molar-refractivity contribution in [2.75, 3.05) is 5.33 Å². The van der Waals surface area contributed by atoms with E-state index in [1.165, 1.54) is 11.1 Å². The Bertz CT molecular complexity index is 290. The molecule has 0 unspecified atom stereocenters. The zero-order valence-electron chi connectivity index (χ0n) is 6.85. The maximum atomic E-state index is 3.43. The van der Waals surface area contributed by atoms with E-state index in [0.29, 0.717) is 0 Å². The van der Waals surface area contributed by atoms with Gasteiger partial charge in [0.15, 0.2) is 0 Å². The van der Waals surface area contributed by atoms with Crippen LogP contribution in [0.5, 0.6) is 0 Å². The molecule has 0 radical (unpaired) electrons. The molecule has 0 saturated heterocycles. The lowest BCUT2D eigenvalue weighted by Gasteiger charge is -1.96. The maximum absolute atomic E-state index is 3.43. The Labute approximate surface area is 89.9 Å². The molecule has 0 aromatic heterocycles. The molecule has 0 aliphatic heterocycles. The highest BCUT2D eigenvalue weighted by atomic mass is 79.9. The lowest BCUT2D eigenvalue weighted by Crippen LogP contribution is -1.77. The van der Waals surface area contributed by atoms with E-state index < -0.39 is 0 Å². The second kappa shape index (κ2) is 4.83. The van der Waals surface area contributed by atoms with Crippen LogP contribution in [0.4, 0.5) is 0 Å². The van der Waals surface area contributed by atoms with Gasteiger partial charge < -0.3 is 0 Å². The Morgan fingerprint density at radius 1 is 1.50 bits per heavy atom. The quantitative estimate of drug-likeness (QED) is 0.714. The fraction of sp³-hybridized carbons (Fsp3) is 0.200. The summed E-state index contributed by atoms with van der Waals surface area (Å²) in [5.74, 6) is 0. The van der Waals surface area contributed by atoms with E-state index in [2.05, 4.69) is 57.0 Å². The summed E-state index contributed by atoms with van der Waals surface area (Å²) in [6.07, 6.45) is 2.17. The lowest BCUT2D eigenvalue weighted by molar-refractivity contribution is 1.45. The lowest BCUT2D eigenvalue weighted by atomic mass is 10.2. The molecule has 12 heavy (non-hydrogen) atoms. The van der Waals surface area contributed by atoms with Crippen LogP contribution in [-0.4, -0.2) is 5.33 Å². The van der Waals surface area contributed by atoms with E-state index in [-0.39, 0.29) is 0 Å². The minimum Gasteiger partial charge on any atom is -0.0880 e. The highest BCUT2D eigenvalue weighted by Crippen LogP contribution is 2.14. The van der Waals surface area contributed by atoms with E-state index in [0.717, 1.165) is 9.80 Å². The van der Waals surface area contributed by atoms with Crippen LogP contribution in [-0.2, 0) is 0 Å². The van der Waals surface area contributed by atoms with Crippen molar-refractivity contribution in [2.45, 2.75) is 6.92 Å². The number of hydrogen-bond donors (Lipinski definition) is 0. The van der Waals surface area contributed by atoms with Crippen molar-refractivity contribution >= 4 is 37.9 Å². The van der Waals surface area contributed by atoms with E-state index >= 15 is 0 Å². The van der Waals surface area contributed by atoms with Crippen molar-refractivity contribution in [3.63, 3.8) is 0 Å². The SMILES string of the molecule is CC(=Cc1cccc(Br)c1)CBr. The maximum Gasteiger partial charge on any atom is 0.0242 e. The van der Waals surface area contributed by atoms with Crippen molar-refractivity contribution in [3.8, 4) is 0 Å². The summed E-state index contributed by atoms with van der Waals surface area (Å²) in [6.45, 7) is 2.11. The molecule has 0 amide bonds. The summed E-state index contributed by atoms with van der Waals surface area (Å²) in [5, 5.41) is 0.930. The van der Waals surface area contributed by atoms with Gasteiger partial charge in [-0.25, -0.2) is 0 Å². The summed E-state index contributed by atoms with van der Waals surface area (Å²) in [7, 11) is 0. The first-order chi connectivity index (χ1) is 5.72. The third kappa shape index (κ3) is 3.11. The van der Waals surface area contributed by atoms with Gasteiger partial charge in [0.25, 0.3) is 0 Å². The predicted molar refractivity (Wildman–Crippen MR) is 61.6 cm³/mol. The van der Waals surface area contributed by atoms with Crippen LogP contribution in [0.25, 0.3) is 6.08 Å². The van der Waals surface area contributed by atoms with Crippen molar-refractivity contribution < 1.29 is 0 Å². The van der Waals surface area contributed by atoms with Gasteiger partial charge in [-0.3, -0.25) is 0 Å². The molecule has 0 fully saturated rings. The van der Waals surface area contributed by atoms with Crippen LogP contribution >= 0.6 is 31.9 Å². The molecule has 0 spiro atoms. The molecule has 0 nitrogen and oxygen atoms in total. The molecule has 64 valence electrons. The standard InChI is InChI=1S/C10H10Br2/c1-8(7-11)5-9-3-2-4-10(12)6-9/h2-6H,7H2,1H3. The van der Waals surface area contributed by atoms with Crippen molar-refractivity contribution in [3.05, 3.63) is 39.9 Å². The molecular formula is C10H10Br2. The molecule has 0 aliphatic carbocycles. The van der Waals surface area contributed by atoms with Crippen molar-refractivity contribution in [2.24, 2.45) is 0 Å². The molecule has 0 bridgehead atoms. The highest BCUT2D eigenvalue weighted by molar-refractivity contribution is 9.10. The average Bonchev–Trinajstić information content (AvgIpc) is 2.04. The first-order valence-electron chi connectivity index (χ1n) is 3.71. The summed E-state index contributed by atoms with van der Waals surface area (Å²) in [6, 6.07) is 8.27. The smallest absolute Gasteiger partial charge is 0.0242 e. The van der Waals surface area contributed by atoms with Crippen molar-refractivity contribution in [1.29, 1.82) is 0 Å². The predicted octanol–water partition coefficient (Wildman–Crippen LogP) is 4.25. The molecule has 0 atom stereocenters. The van der Waals surface area contributed by atoms with Gasteiger partial charge in [-0.15, -0.1) is 0 Å². The van der Waals surface area contributed by atoms with Gasteiger partial charge in [0.05, 0.1) is 0 Å². The van der Waals surface area contributed by atoms with Crippen LogP contribution in [0.15, 0.2) is 34.3 Å². The molecule has 1 rings (SSSR count). The summed E-state index contributed by atoms with van der Waals surface area (Å²) < 4.78 is 1.12. The number of halogens is 2. The Balaban J connectivity index is 2.89. The summed E-state index contributed by atoms with van der Waals surface area (Å²) >= 11 is 6.84. The van der Waals surface area contributed by atoms with Gasteiger partial charge in [-0.05, 0) is 24.6 Å². The second-order valence-corrected chi connectivity index (χ2v) is 4.16. The first kappa shape index (κ1) is 10.0. The van der Waals surface area contributed by atoms with Crippen LogP contribution < -0.4 is 0 Å². The topological polar surface area (TPSA) is 0 Å². The van der Waals surface area contributed by atoms with Gasteiger partial charge >= 0.3 is 0 Å². The molecule has 1 aromatic rings. The largest absolute Gasteiger partial charge is 0.0880 e. The van der Waals surface area contributed by atoms with Gasteiger partial charge in [-0.2, -0.15) is 0 Å². The number of hydrogen-bond acceptors (Lipinski definition) is 0. The van der Waals surface area contributed by atoms with E-state index in [1.54, 1.807) is 0 Å². The zero-order valence-corrected chi connectivity index (χ0v) is 10.0. The summed E-state index contributed by atoms with van der Waals surface area (Å²) in [4.78, 5) is 0. The molecule has 1 aromatic carbocycles.